The molecule has 0 fully saturated rings. The van der Waals surface area contributed by atoms with Gasteiger partial charge in [0.05, 0.1) is 5.41 Å². The number of halogens is 1. The van der Waals surface area contributed by atoms with Gasteiger partial charge in [-0.2, -0.15) is 0 Å². The second kappa shape index (κ2) is 16.9. The Kier molecular flexibility index (Phi) is 10.9. The lowest BCUT2D eigenvalue weighted by Gasteiger charge is -2.30. The van der Waals surface area contributed by atoms with Crippen molar-refractivity contribution in [2.75, 3.05) is 4.90 Å². The molecule has 2 aliphatic rings. The van der Waals surface area contributed by atoms with Crippen LogP contribution in [0.4, 0.5) is 17.1 Å². The first-order chi connectivity index (χ1) is 29.4. The Morgan fingerprint density at radius 2 is 0.767 bits per heavy atom. The Bertz CT molecular complexity index is 2820. The molecule has 0 amide bonds. The van der Waals surface area contributed by atoms with Crippen LogP contribution in [0.2, 0.25) is 0 Å². The molecule has 0 radical (unpaired) electrons. The first-order valence-corrected chi connectivity index (χ1v) is 21.4. The van der Waals surface area contributed by atoms with E-state index in [0.717, 1.165) is 21.5 Å². The third kappa shape index (κ3) is 7.29. The average Bonchev–Trinajstić information content (AvgIpc) is 3.75. The molecule has 2 aliphatic carbocycles. The molecule has 290 valence electrons. The average molecular weight is 837 g/mol. The molecule has 0 aromatic heterocycles. The van der Waals surface area contributed by atoms with Crippen LogP contribution in [0.15, 0.2) is 229 Å². The van der Waals surface area contributed by atoms with Gasteiger partial charge in [-0.05, 0) is 124 Å². The molecule has 0 atom stereocenters. The van der Waals surface area contributed by atoms with Crippen LogP contribution in [-0.2, 0) is 5.41 Å². The number of para-hydroxylation sites is 1. The zero-order valence-electron chi connectivity index (χ0n) is 34.2. The molecule has 2 heteroatoms. The normalized spacial score (nSPS) is 12.1. The smallest absolute Gasteiger partial charge is 0.0725 e. The molecule has 0 unspecified atom stereocenters. The maximum atomic E-state index is 3.64. The Morgan fingerprint density at radius 3 is 1.28 bits per heavy atom. The Labute approximate surface area is 363 Å². The number of nitrogens with zero attached hydrogens (tertiary/aromatic N) is 1. The highest BCUT2D eigenvalue weighted by Crippen LogP contribution is 2.62. The van der Waals surface area contributed by atoms with Crippen LogP contribution >= 0.6 is 15.9 Å². The standard InChI is InChI=1S/C26H18.C25H20BrN.C7H8/c1-17-14-15-21-20-10-4-7-13-24(20)26(25(21)16-17)22-11-5-2-8-18(22)19-9-3-6-12-23(19)26;1-19-16-22(26)18-25(17-19)27(23-10-6-3-7-11-23)24-14-12-21(13-15-24)20-8-4-2-5-9-20;1-7-5-3-2-4-6-7/h2-16H,1H3;2-18H,1H3;2-6H,1H3. The number of anilines is 3. The van der Waals surface area contributed by atoms with E-state index in [1.54, 1.807) is 0 Å². The number of hydrogen-bond donors (Lipinski definition) is 0. The number of benzene rings is 9. The monoisotopic (exact) mass is 835 g/mol. The van der Waals surface area contributed by atoms with E-state index in [9.17, 15) is 0 Å². The summed E-state index contributed by atoms with van der Waals surface area (Å²) in [7, 11) is 0. The quantitative estimate of drug-likeness (QED) is 0.171. The molecular weight excluding hydrogens is 791 g/mol. The molecular formula is C58H46BrN. The van der Waals surface area contributed by atoms with Gasteiger partial charge in [0.2, 0.25) is 0 Å². The molecule has 1 spiro atoms. The molecule has 0 bridgehead atoms. The SMILES string of the molecule is Cc1cc(Br)cc(N(c2ccccc2)c2ccc(-c3ccccc3)cc2)c1.Cc1ccc2c(c1)C1(c3ccccc3-c3ccccc31)c1ccccc1-2.Cc1ccccc1. The van der Waals surface area contributed by atoms with Crippen molar-refractivity contribution >= 4 is 33.0 Å². The van der Waals surface area contributed by atoms with Crippen molar-refractivity contribution in [3.05, 3.63) is 268 Å². The second-order valence-electron chi connectivity index (χ2n) is 15.7. The zero-order valence-corrected chi connectivity index (χ0v) is 35.8. The van der Waals surface area contributed by atoms with Gasteiger partial charge in [0.25, 0.3) is 0 Å². The van der Waals surface area contributed by atoms with E-state index in [-0.39, 0.29) is 5.41 Å². The summed E-state index contributed by atoms with van der Waals surface area (Å²) in [6.45, 7) is 6.40. The van der Waals surface area contributed by atoms with Gasteiger partial charge >= 0.3 is 0 Å². The number of fused-ring (bicyclic) bond motifs is 10. The molecule has 0 saturated carbocycles. The first-order valence-electron chi connectivity index (χ1n) is 20.6. The molecule has 0 heterocycles. The summed E-state index contributed by atoms with van der Waals surface area (Å²) < 4.78 is 1.08. The fourth-order valence-corrected chi connectivity index (χ4v) is 9.64. The zero-order chi connectivity index (χ0) is 41.1. The predicted molar refractivity (Wildman–Crippen MR) is 258 cm³/mol. The van der Waals surface area contributed by atoms with E-state index in [2.05, 4.69) is 236 Å². The topological polar surface area (TPSA) is 3.24 Å². The summed E-state index contributed by atoms with van der Waals surface area (Å²) >= 11 is 3.64. The van der Waals surface area contributed by atoms with Crippen molar-refractivity contribution in [2.45, 2.75) is 26.2 Å². The van der Waals surface area contributed by atoms with E-state index < -0.39 is 0 Å². The molecule has 0 N–H and O–H groups in total. The van der Waals surface area contributed by atoms with Gasteiger partial charge in [-0.15, -0.1) is 0 Å². The largest absolute Gasteiger partial charge is 0.310 e. The first kappa shape index (κ1) is 38.8. The van der Waals surface area contributed by atoms with E-state index in [1.165, 1.54) is 72.3 Å². The van der Waals surface area contributed by atoms with Gasteiger partial charge in [-0.25, -0.2) is 0 Å². The minimum Gasteiger partial charge on any atom is -0.310 e. The fraction of sp³-hybridized carbons (Fsp3) is 0.0690. The van der Waals surface area contributed by atoms with E-state index in [4.69, 9.17) is 0 Å². The third-order valence-electron chi connectivity index (χ3n) is 11.6. The van der Waals surface area contributed by atoms with Gasteiger partial charge in [0.1, 0.15) is 0 Å². The van der Waals surface area contributed by atoms with Crippen molar-refractivity contribution in [1.82, 2.24) is 0 Å². The van der Waals surface area contributed by atoms with E-state index >= 15 is 0 Å². The van der Waals surface area contributed by atoms with Gasteiger partial charge in [0, 0.05) is 21.5 Å². The van der Waals surface area contributed by atoms with Gasteiger partial charge in [-0.1, -0.05) is 209 Å². The van der Waals surface area contributed by atoms with Crippen molar-refractivity contribution in [3.8, 4) is 33.4 Å². The molecule has 1 nitrogen and oxygen atoms in total. The Morgan fingerprint density at radius 1 is 0.317 bits per heavy atom. The molecule has 0 saturated heterocycles. The lowest BCUT2D eigenvalue weighted by atomic mass is 9.70. The number of hydrogen-bond acceptors (Lipinski definition) is 1. The summed E-state index contributed by atoms with van der Waals surface area (Å²) in [5.74, 6) is 0. The lowest BCUT2D eigenvalue weighted by Crippen LogP contribution is -2.25. The Hall–Kier alpha value is -6.74. The van der Waals surface area contributed by atoms with Crippen LogP contribution in [0.1, 0.15) is 38.9 Å². The highest BCUT2D eigenvalue weighted by molar-refractivity contribution is 9.10. The van der Waals surface area contributed by atoms with E-state index in [1.807, 2.05) is 30.3 Å². The van der Waals surface area contributed by atoms with Crippen molar-refractivity contribution < 1.29 is 0 Å². The second-order valence-corrected chi connectivity index (χ2v) is 16.6. The number of rotatable bonds is 4. The minimum atomic E-state index is -0.189. The van der Waals surface area contributed by atoms with Crippen LogP contribution in [-0.4, -0.2) is 0 Å². The van der Waals surface area contributed by atoms with Crippen LogP contribution in [0.25, 0.3) is 33.4 Å². The summed E-state index contributed by atoms with van der Waals surface area (Å²) in [6.07, 6.45) is 0. The van der Waals surface area contributed by atoms with Crippen molar-refractivity contribution in [3.63, 3.8) is 0 Å². The van der Waals surface area contributed by atoms with E-state index in [0.29, 0.717) is 0 Å². The Balaban J connectivity index is 0.000000133. The fourth-order valence-electron chi connectivity index (χ4n) is 9.05. The molecule has 11 rings (SSSR count). The predicted octanol–water partition coefficient (Wildman–Crippen LogP) is 16.2. The third-order valence-corrected chi connectivity index (χ3v) is 12.1. The van der Waals surface area contributed by atoms with Crippen LogP contribution in [0.5, 0.6) is 0 Å². The summed E-state index contributed by atoms with van der Waals surface area (Å²) in [6, 6.07) is 80.2. The summed E-state index contributed by atoms with van der Waals surface area (Å²) in [4.78, 5) is 2.28. The minimum absolute atomic E-state index is 0.189. The maximum Gasteiger partial charge on any atom is 0.0725 e. The lowest BCUT2D eigenvalue weighted by molar-refractivity contribution is 0.792. The summed E-state index contributed by atoms with van der Waals surface area (Å²) in [5, 5.41) is 0. The molecule has 9 aromatic rings. The van der Waals surface area contributed by atoms with Crippen LogP contribution in [0, 0.1) is 20.8 Å². The van der Waals surface area contributed by atoms with Crippen molar-refractivity contribution in [1.29, 1.82) is 0 Å². The highest BCUT2D eigenvalue weighted by Gasteiger charge is 2.51. The van der Waals surface area contributed by atoms with Crippen molar-refractivity contribution in [2.24, 2.45) is 0 Å². The highest BCUT2D eigenvalue weighted by atomic mass is 79.9. The molecule has 9 aromatic carbocycles. The molecule has 60 heavy (non-hydrogen) atoms. The van der Waals surface area contributed by atoms with Gasteiger partial charge in [0.15, 0.2) is 0 Å². The maximum absolute atomic E-state index is 3.64. The van der Waals surface area contributed by atoms with Gasteiger partial charge in [-0.3, -0.25) is 0 Å². The number of aryl methyl sites for hydroxylation is 3. The summed E-state index contributed by atoms with van der Waals surface area (Å²) in [5.41, 5.74) is 20.7. The van der Waals surface area contributed by atoms with Crippen LogP contribution < -0.4 is 4.90 Å². The molecule has 0 aliphatic heterocycles. The van der Waals surface area contributed by atoms with Gasteiger partial charge < -0.3 is 4.90 Å². The van der Waals surface area contributed by atoms with Crippen LogP contribution in [0.3, 0.4) is 0 Å².